The molecular weight excluding hydrogens is 268 g/mol. The summed E-state index contributed by atoms with van der Waals surface area (Å²) in [6.07, 6.45) is 2.02. The van der Waals surface area contributed by atoms with Crippen LogP contribution < -0.4 is 11.3 Å². The number of hydrogen-bond acceptors (Lipinski definition) is 4. The van der Waals surface area contributed by atoms with Gasteiger partial charge in [-0.1, -0.05) is 25.5 Å². The number of aromatic amines is 1. The Morgan fingerprint density at radius 1 is 1.38 bits per heavy atom. The SMILES string of the molecule is CCCc1cccc(-n2nc3cc(O)[nH]c(=O)c3c2N)c1. The average Bonchev–Trinajstić information content (AvgIpc) is 2.76. The van der Waals surface area contributed by atoms with Gasteiger partial charge >= 0.3 is 0 Å². The molecule has 0 aliphatic carbocycles. The number of benzene rings is 1. The molecule has 0 spiro atoms. The highest BCUT2D eigenvalue weighted by Crippen LogP contribution is 2.23. The quantitative estimate of drug-likeness (QED) is 0.684. The molecule has 4 N–H and O–H groups in total. The van der Waals surface area contributed by atoms with Crippen LogP contribution >= 0.6 is 0 Å². The van der Waals surface area contributed by atoms with Crippen LogP contribution in [0.4, 0.5) is 5.82 Å². The monoisotopic (exact) mass is 284 g/mol. The zero-order valence-corrected chi connectivity index (χ0v) is 11.6. The van der Waals surface area contributed by atoms with E-state index in [0.717, 1.165) is 18.5 Å². The number of rotatable bonds is 3. The van der Waals surface area contributed by atoms with E-state index in [2.05, 4.69) is 17.0 Å². The summed E-state index contributed by atoms with van der Waals surface area (Å²) in [5, 5.41) is 14.1. The van der Waals surface area contributed by atoms with Crippen molar-refractivity contribution in [2.75, 3.05) is 5.73 Å². The molecule has 0 unspecified atom stereocenters. The van der Waals surface area contributed by atoms with Gasteiger partial charge in [0.15, 0.2) is 5.88 Å². The van der Waals surface area contributed by atoms with Crippen LogP contribution in [0, 0.1) is 0 Å². The molecule has 6 nitrogen and oxygen atoms in total. The number of nitrogens with one attached hydrogen (secondary N) is 1. The zero-order valence-electron chi connectivity index (χ0n) is 11.6. The number of nitrogens with two attached hydrogens (primary N) is 1. The fraction of sp³-hybridized carbons (Fsp3) is 0.200. The highest BCUT2D eigenvalue weighted by Gasteiger charge is 2.14. The fourth-order valence-corrected chi connectivity index (χ4v) is 2.46. The summed E-state index contributed by atoms with van der Waals surface area (Å²) in [5.74, 6) is 0.0387. The van der Waals surface area contributed by atoms with Crippen molar-refractivity contribution in [3.8, 4) is 11.6 Å². The number of H-pyrrole nitrogens is 1. The Bertz CT molecular complexity index is 864. The lowest BCUT2D eigenvalue weighted by Gasteiger charge is -2.06. The lowest BCUT2D eigenvalue weighted by atomic mass is 10.1. The van der Waals surface area contributed by atoms with Crippen molar-refractivity contribution < 1.29 is 5.11 Å². The van der Waals surface area contributed by atoms with Crippen LogP contribution in [0.3, 0.4) is 0 Å². The topological polar surface area (TPSA) is 96.9 Å². The lowest BCUT2D eigenvalue weighted by molar-refractivity contribution is 0.453. The fourth-order valence-electron chi connectivity index (χ4n) is 2.46. The van der Waals surface area contributed by atoms with E-state index >= 15 is 0 Å². The van der Waals surface area contributed by atoms with Gasteiger partial charge in [-0.15, -0.1) is 0 Å². The third-order valence-electron chi connectivity index (χ3n) is 3.38. The smallest absolute Gasteiger partial charge is 0.263 e. The van der Waals surface area contributed by atoms with Crippen molar-refractivity contribution in [1.29, 1.82) is 0 Å². The Kier molecular flexibility index (Phi) is 3.13. The molecule has 108 valence electrons. The van der Waals surface area contributed by atoms with Crippen LogP contribution in [0.15, 0.2) is 35.1 Å². The minimum Gasteiger partial charge on any atom is -0.494 e. The lowest BCUT2D eigenvalue weighted by Crippen LogP contribution is -2.07. The molecule has 21 heavy (non-hydrogen) atoms. The van der Waals surface area contributed by atoms with Crippen molar-refractivity contribution >= 4 is 16.7 Å². The number of aromatic hydroxyl groups is 1. The van der Waals surface area contributed by atoms with E-state index in [1.54, 1.807) is 0 Å². The first kappa shape index (κ1) is 13.2. The predicted octanol–water partition coefficient (Wildman–Crippen LogP) is 1.95. The van der Waals surface area contributed by atoms with Crippen molar-refractivity contribution in [2.24, 2.45) is 0 Å². The van der Waals surface area contributed by atoms with Gasteiger partial charge in [0, 0.05) is 6.07 Å². The summed E-state index contributed by atoms with van der Waals surface area (Å²) < 4.78 is 1.53. The van der Waals surface area contributed by atoms with Crippen LogP contribution in [0.1, 0.15) is 18.9 Å². The average molecular weight is 284 g/mol. The molecule has 0 atom stereocenters. The van der Waals surface area contributed by atoms with E-state index in [0.29, 0.717) is 5.52 Å². The first-order chi connectivity index (χ1) is 10.1. The second-order valence-electron chi connectivity index (χ2n) is 4.96. The first-order valence-corrected chi connectivity index (χ1v) is 6.80. The molecule has 3 aromatic rings. The van der Waals surface area contributed by atoms with Gasteiger partial charge in [-0.05, 0) is 24.1 Å². The molecule has 1 aromatic carbocycles. The number of anilines is 1. The van der Waals surface area contributed by atoms with Crippen molar-refractivity contribution in [3.05, 3.63) is 46.2 Å². The molecule has 0 bridgehead atoms. The van der Waals surface area contributed by atoms with Gasteiger partial charge < -0.3 is 10.8 Å². The number of nitrogen functional groups attached to an aromatic ring is 1. The minimum atomic E-state index is -0.446. The van der Waals surface area contributed by atoms with Gasteiger partial charge in [-0.2, -0.15) is 5.10 Å². The maximum absolute atomic E-state index is 11.9. The Morgan fingerprint density at radius 3 is 2.95 bits per heavy atom. The highest BCUT2D eigenvalue weighted by molar-refractivity contribution is 5.89. The molecule has 0 fully saturated rings. The van der Waals surface area contributed by atoms with Gasteiger partial charge in [0.2, 0.25) is 0 Å². The molecule has 0 radical (unpaired) electrons. The predicted molar refractivity (Wildman–Crippen MR) is 81.8 cm³/mol. The van der Waals surface area contributed by atoms with E-state index in [9.17, 15) is 9.90 Å². The number of fused-ring (bicyclic) bond motifs is 1. The molecule has 0 saturated carbocycles. The molecule has 0 aliphatic heterocycles. The Labute approximate surface area is 120 Å². The van der Waals surface area contributed by atoms with Gasteiger partial charge in [0.05, 0.1) is 5.69 Å². The van der Waals surface area contributed by atoms with Gasteiger partial charge in [-0.3, -0.25) is 9.78 Å². The third kappa shape index (κ3) is 2.24. The van der Waals surface area contributed by atoms with Gasteiger partial charge in [0.25, 0.3) is 5.56 Å². The Hall–Kier alpha value is -2.76. The second kappa shape index (κ2) is 4.97. The summed E-state index contributed by atoms with van der Waals surface area (Å²) in [7, 11) is 0. The number of pyridine rings is 1. The van der Waals surface area contributed by atoms with Crippen LogP contribution in [-0.2, 0) is 6.42 Å². The molecular formula is C15H16N4O2. The highest BCUT2D eigenvalue weighted by atomic mass is 16.3. The van der Waals surface area contributed by atoms with Crippen molar-refractivity contribution in [3.63, 3.8) is 0 Å². The molecule has 2 aromatic heterocycles. The van der Waals surface area contributed by atoms with E-state index in [4.69, 9.17) is 5.73 Å². The molecule has 2 heterocycles. The van der Waals surface area contributed by atoms with E-state index in [1.807, 2.05) is 24.3 Å². The molecule has 0 saturated heterocycles. The largest absolute Gasteiger partial charge is 0.494 e. The summed E-state index contributed by atoms with van der Waals surface area (Å²) in [6.45, 7) is 2.12. The standard InChI is InChI=1S/C15H16N4O2/c1-2-4-9-5-3-6-10(7-9)19-14(16)13-11(18-19)8-12(20)17-15(13)21/h3,5-8,20H,2,4,16H2,1H3,(H,17,21). The van der Waals surface area contributed by atoms with E-state index < -0.39 is 5.56 Å². The number of aryl methyl sites for hydroxylation is 1. The summed E-state index contributed by atoms with van der Waals surface area (Å²) in [5.41, 5.74) is 7.95. The van der Waals surface area contributed by atoms with Crippen LogP contribution in [0.5, 0.6) is 5.88 Å². The van der Waals surface area contributed by atoms with Crippen LogP contribution in [0.2, 0.25) is 0 Å². The Balaban J connectivity index is 2.21. The minimum absolute atomic E-state index is 0.225. The number of aromatic nitrogens is 3. The summed E-state index contributed by atoms with van der Waals surface area (Å²) >= 11 is 0. The van der Waals surface area contributed by atoms with E-state index in [-0.39, 0.29) is 17.1 Å². The molecule has 0 aliphatic rings. The van der Waals surface area contributed by atoms with Crippen LogP contribution in [0.25, 0.3) is 16.6 Å². The number of hydrogen-bond donors (Lipinski definition) is 3. The maximum Gasteiger partial charge on any atom is 0.263 e. The zero-order chi connectivity index (χ0) is 15.0. The van der Waals surface area contributed by atoms with Gasteiger partial charge in [-0.25, -0.2) is 4.68 Å². The van der Waals surface area contributed by atoms with Crippen molar-refractivity contribution in [1.82, 2.24) is 14.8 Å². The Morgan fingerprint density at radius 2 is 2.19 bits per heavy atom. The molecule has 3 rings (SSSR count). The number of nitrogens with zero attached hydrogens (tertiary/aromatic N) is 2. The van der Waals surface area contributed by atoms with E-state index in [1.165, 1.54) is 16.3 Å². The first-order valence-electron chi connectivity index (χ1n) is 6.80. The van der Waals surface area contributed by atoms with Gasteiger partial charge in [0.1, 0.15) is 16.7 Å². The molecule has 6 heteroatoms. The molecule has 0 amide bonds. The summed E-state index contributed by atoms with van der Waals surface area (Å²) in [6, 6.07) is 9.26. The summed E-state index contributed by atoms with van der Waals surface area (Å²) in [4.78, 5) is 14.2. The second-order valence-corrected chi connectivity index (χ2v) is 4.96. The van der Waals surface area contributed by atoms with Crippen molar-refractivity contribution in [2.45, 2.75) is 19.8 Å². The third-order valence-corrected chi connectivity index (χ3v) is 3.38. The van der Waals surface area contributed by atoms with Crippen LogP contribution in [-0.4, -0.2) is 19.9 Å². The maximum atomic E-state index is 11.9. The normalized spacial score (nSPS) is 11.1.